The quantitative estimate of drug-likeness (QED) is 0.765. The van der Waals surface area contributed by atoms with Crippen molar-refractivity contribution in [3.05, 3.63) is 53.6 Å². The van der Waals surface area contributed by atoms with E-state index in [1.807, 2.05) is 30.3 Å². The van der Waals surface area contributed by atoms with Gasteiger partial charge in [0.1, 0.15) is 5.92 Å². The molecular weight excluding hydrogens is 352 g/mol. The van der Waals surface area contributed by atoms with Gasteiger partial charge in [0.2, 0.25) is 11.8 Å². The third kappa shape index (κ3) is 4.70. The highest BCUT2D eigenvalue weighted by Gasteiger charge is 2.25. The Labute approximate surface area is 153 Å². The van der Waals surface area contributed by atoms with Crippen LogP contribution in [0.25, 0.3) is 0 Å². The van der Waals surface area contributed by atoms with Crippen LogP contribution in [0.1, 0.15) is 12.1 Å². The van der Waals surface area contributed by atoms with Crippen molar-refractivity contribution in [3.63, 3.8) is 0 Å². The number of benzene rings is 1. The molecule has 1 aliphatic heterocycles. The molecule has 7 nitrogen and oxygen atoms in total. The van der Waals surface area contributed by atoms with Gasteiger partial charge in [0.15, 0.2) is 5.13 Å². The number of rotatable bonds is 6. The van der Waals surface area contributed by atoms with Crippen molar-refractivity contribution in [1.82, 2.24) is 4.98 Å². The van der Waals surface area contributed by atoms with Crippen molar-refractivity contribution in [2.45, 2.75) is 12.8 Å². The number of allylic oxidation sites excluding steroid dienone is 1. The summed E-state index contributed by atoms with van der Waals surface area (Å²) in [6.45, 7) is 0. The molecule has 1 atom stereocenters. The minimum absolute atomic E-state index is 0.106. The van der Waals surface area contributed by atoms with Crippen LogP contribution in [0.4, 0.5) is 10.8 Å². The Morgan fingerprint density at radius 1 is 1.15 bits per heavy atom. The van der Waals surface area contributed by atoms with Crippen molar-refractivity contribution in [3.8, 4) is 0 Å². The van der Waals surface area contributed by atoms with Gasteiger partial charge in [0.05, 0.1) is 5.69 Å². The zero-order valence-electron chi connectivity index (χ0n) is 13.7. The fourth-order valence-corrected chi connectivity index (χ4v) is 3.04. The highest BCUT2D eigenvalue weighted by atomic mass is 32.1. The SMILES string of the molecule is O=C(CCc1csc(NC(=O)C2C=CC=NC2=O)n1)Nc1ccccc1. The summed E-state index contributed by atoms with van der Waals surface area (Å²) >= 11 is 1.25. The van der Waals surface area contributed by atoms with Gasteiger partial charge in [0.25, 0.3) is 5.91 Å². The van der Waals surface area contributed by atoms with Crippen molar-refractivity contribution >= 4 is 46.1 Å². The van der Waals surface area contributed by atoms with Gasteiger partial charge in [-0.2, -0.15) is 0 Å². The molecule has 1 aromatic carbocycles. The summed E-state index contributed by atoms with van der Waals surface area (Å²) < 4.78 is 0. The molecule has 2 heterocycles. The Balaban J connectivity index is 1.49. The van der Waals surface area contributed by atoms with Crippen LogP contribution in [-0.2, 0) is 20.8 Å². The first-order chi connectivity index (χ1) is 12.6. The number of thiazole rings is 1. The second-order valence-corrected chi connectivity index (χ2v) is 6.38. The molecule has 2 N–H and O–H groups in total. The molecule has 3 amide bonds. The number of aryl methyl sites for hydroxylation is 1. The lowest BCUT2D eigenvalue weighted by atomic mass is 10.1. The first kappa shape index (κ1) is 17.7. The highest BCUT2D eigenvalue weighted by Crippen LogP contribution is 2.19. The van der Waals surface area contributed by atoms with E-state index in [2.05, 4.69) is 20.6 Å². The van der Waals surface area contributed by atoms with Crippen LogP contribution >= 0.6 is 11.3 Å². The van der Waals surface area contributed by atoms with Gasteiger partial charge in [-0.25, -0.2) is 9.98 Å². The van der Waals surface area contributed by atoms with E-state index in [1.165, 1.54) is 23.6 Å². The molecule has 0 aliphatic carbocycles. The largest absolute Gasteiger partial charge is 0.326 e. The third-order valence-electron chi connectivity index (χ3n) is 3.59. The van der Waals surface area contributed by atoms with Crippen LogP contribution in [0.2, 0.25) is 0 Å². The molecule has 26 heavy (non-hydrogen) atoms. The van der Waals surface area contributed by atoms with Crippen LogP contribution < -0.4 is 10.6 Å². The Bertz CT molecular complexity index is 874. The first-order valence-corrected chi connectivity index (χ1v) is 8.84. The molecule has 1 aromatic heterocycles. The van der Waals surface area contributed by atoms with Crippen LogP contribution in [0, 0.1) is 5.92 Å². The van der Waals surface area contributed by atoms with Gasteiger partial charge in [0, 0.05) is 23.7 Å². The molecule has 1 aliphatic rings. The van der Waals surface area contributed by atoms with Crippen LogP contribution in [0.5, 0.6) is 0 Å². The monoisotopic (exact) mass is 368 g/mol. The van der Waals surface area contributed by atoms with E-state index in [-0.39, 0.29) is 12.3 Å². The fourth-order valence-electron chi connectivity index (χ4n) is 2.29. The second-order valence-electron chi connectivity index (χ2n) is 5.53. The van der Waals surface area contributed by atoms with Gasteiger partial charge in [-0.05, 0) is 24.6 Å². The van der Waals surface area contributed by atoms with E-state index in [9.17, 15) is 14.4 Å². The number of hydrogen-bond donors (Lipinski definition) is 2. The number of aromatic nitrogens is 1. The number of anilines is 2. The van der Waals surface area contributed by atoms with E-state index in [0.717, 1.165) is 5.69 Å². The summed E-state index contributed by atoms with van der Waals surface area (Å²) in [6.07, 6.45) is 5.15. The van der Waals surface area contributed by atoms with Crippen molar-refractivity contribution in [1.29, 1.82) is 0 Å². The lowest BCUT2D eigenvalue weighted by Gasteiger charge is -2.09. The number of amides is 3. The number of aliphatic imine (C=N–C) groups is 1. The van der Waals surface area contributed by atoms with Gasteiger partial charge >= 0.3 is 0 Å². The molecule has 132 valence electrons. The summed E-state index contributed by atoms with van der Waals surface area (Å²) in [5.74, 6) is -2.00. The van der Waals surface area contributed by atoms with Gasteiger partial charge < -0.3 is 10.6 Å². The van der Waals surface area contributed by atoms with Gasteiger partial charge in [-0.15, -0.1) is 11.3 Å². The Hall–Kier alpha value is -3.13. The minimum atomic E-state index is -0.927. The maximum atomic E-state index is 12.1. The lowest BCUT2D eigenvalue weighted by molar-refractivity contribution is -0.128. The zero-order chi connectivity index (χ0) is 18.4. The Kier molecular flexibility index (Phi) is 5.65. The Morgan fingerprint density at radius 2 is 1.96 bits per heavy atom. The predicted octanol–water partition coefficient (Wildman–Crippen LogP) is 2.44. The van der Waals surface area contributed by atoms with E-state index in [4.69, 9.17) is 0 Å². The summed E-state index contributed by atoms with van der Waals surface area (Å²) in [5.41, 5.74) is 1.45. The molecule has 0 fully saturated rings. The standard InChI is InChI=1S/C18H16N4O3S/c23-15(20-12-5-2-1-3-6-12)9-8-13-11-26-18(21-13)22-17(25)14-7-4-10-19-16(14)24/h1-7,10-11,14H,8-9H2,(H,20,23)(H,21,22,25). The minimum Gasteiger partial charge on any atom is -0.326 e. The summed E-state index contributed by atoms with van der Waals surface area (Å²) in [6, 6.07) is 9.22. The van der Waals surface area contributed by atoms with E-state index in [1.54, 1.807) is 11.5 Å². The highest BCUT2D eigenvalue weighted by molar-refractivity contribution is 7.13. The molecule has 0 bridgehead atoms. The number of hydrogen-bond acceptors (Lipinski definition) is 5. The zero-order valence-corrected chi connectivity index (χ0v) is 14.5. The van der Waals surface area contributed by atoms with Crippen molar-refractivity contribution < 1.29 is 14.4 Å². The van der Waals surface area contributed by atoms with E-state index in [0.29, 0.717) is 17.2 Å². The topological polar surface area (TPSA) is 101 Å². The summed E-state index contributed by atoms with van der Waals surface area (Å²) in [4.78, 5) is 43.5. The van der Waals surface area contributed by atoms with E-state index >= 15 is 0 Å². The average molecular weight is 368 g/mol. The molecule has 0 saturated carbocycles. The van der Waals surface area contributed by atoms with Crippen LogP contribution in [0.3, 0.4) is 0 Å². The number of nitrogens with zero attached hydrogens (tertiary/aromatic N) is 2. The van der Waals surface area contributed by atoms with Gasteiger partial charge in [-0.3, -0.25) is 14.4 Å². The van der Waals surface area contributed by atoms with Gasteiger partial charge in [-0.1, -0.05) is 24.3 Å². The second kappa shape index (κ2) is 8.30. The number of carbonyl (C=O) groups excluding carboxylic acids is 3. The molecule has 1 unspecified atom stereocenters. The number of dihydropyridines is 1. The molecular formula is C18H16N4O3S. The predicted molar refractivity (Wildman–Crippen MR) is 100 cm³/mol. The van der Waals surface area contributed by atoms with Crippen molar-refractivity contribution in [2.75, 3.05) is 10.6 Å². The third-order valence-corrected chi connectivity index (χ3v) is 4.39. The summed E-state index contributed by atoms with van der Waals surface area (Å²) in [5, 5.41) is 7.59. The maximum Gasteiger partial charge on any atom is 0.262 e. The molecule has 2 aromatic rings. The molecule has 8 heteroatoms. The molecule has 0 saturated heterocycles. The van der Waals surface area contributed by atoms with Crippen molar-refractivity contribution in [2.24, 2.45) is 10.9 Å². The number of para-hydroxylation sites is 1. The fraction of sp³-hybridized carbons (Fsp3) is 0.167. The molecule has 0 radical (unpaired) electrons. The van der Waals surface area contributed by atoms with Crippen LogP contribution in [-0.4, -0.2) is 28.9 Å². The smallest absolute Gasteiger partial charge is 0.262 e. The normalized spacial score (nSPS) is 15.7. The molecule has 3 rings (SSSR count). The lowest BCUT2D eigenvalue weighted by Crippen LogP contribution is -2.28. The number of nitrogens with one attached hydrogen (secondary N) is 2. The van der Waals surface area contributed by atoms with E-state index < -0.39 is 17.7 Å². The average Bonchev–Trinajstić information content (AvgIpc) is 3.08. The van der Waals surface area contributed by atoms with Crippen LogP contribution in [0.15, 0.2) is 52.9 Å². The maximum absolute atomic E-state index is 12.1. The number of carbonyl (C=O) groups is 3. The summed E-state index contributed by atoms with van der Waals surface area (Å²) in [7, 11) is 0. The Morgan fingerprint density at radius 3 is 2.73 bits per heavy atom. The first-order valence-electron chi connectivity index (χ1n) is 7.97. The molecule has 0 spiro atoms.